The van der Waals surface area contributed by atoms with Gasteiger partial charge in [0.1, 0.15) is 11.5 Å². The van der Waals surface area contributed by atoms with Gasteiger partial charge < -0.3 is 21.7 Å². The van der Waals surface area contributed by atoms with Gasteiger partial charge in [0.15, 0.2) is 0 Å². The number of rotatable bonds is 3. The SMILES string of the molecule is CC12CC3CC(C)(C1)CC(c1cccc4c1C(c1ccc(O)c(N)c1)(c1ccc(O)c(N)c1)c1ccccc1-4)(C3)C2. The molecule has 208 valence electrons. The molecule has 0 aliphatic heterocycles. The molecule has 5 aliphatic rings. The number of nitrogens with two attached hydrogens (primary N) is 2. The maximum atomic E-state index is 10.5. The summed E-state index contributed by atoms with van der Waals surface area (Å²) in [6.07, 6.45) is 7.66. The molecule has 6 N–H and O–H groups in total. The third-order valence-corrected chi connectivity index (χ3v) is 11.2. The Balaban J connectivity index is 1.51. The van der Waals surface area contributed by atoms with E-state index in [2.05, 4.69) is 56.3 Å². The molecule has 0 amide bonds. The third-order valence-electron chi connectivity index (χ3n) is 11.2. The van der Waals surface area contributed by atoms with Crippen molar-refractivity contribution in [2.75, 3.05) is 11.5 Å². The minimum atomic E-state index is -0.711. The Labute approximate surface area is 242 Å². The van der Waals surface area contributed by atoms with Crippen molar-refractivity contribution in [2.45, 2.75) is 63.2 Å². The van der Waals surface area contributed by atoms with Crippen LogP contribution in [0.25, 0.3) is 11.1 Å². The lowest BCUT2D eigenvalue weighted by Gasteiger charge is -2.66. The summed E-state index contributed by atoms with van der Waals surface area (Å²) in [6, 6.07) is 27.0. The molecule has 4 fully saturated rings. The van der Waals surface area contributed by atoms with Gasteiger partial charge in [-0.05, 0) is 124 Å². The van der Waals surface area contributed by atoms with Crippen LogP contribution in [0.15, 0.2) is 78.9 Å². The number of phenols is 2. The standard InChI is InChI=1S/C37H38N2O2/c1-34-16-22-17-35(2,19-34)21-36(18-22,20-34)28-9-5-7-26-25-6-3-4-8-27(25)37(33(26)28,23-10-12-31(40)29(38)14-23)24-11-13-32(41)30(39)15-24/h3-15,22,40-41H,16-21,38-39H2,1-2H3. The second-order valence-corrected chi connectivity index (χ2v) is 14.5. The second kappa shape index (κ2) is 7.88. The summed E-state index contributed by atoms with van der Waals surface area (Å²) in [5.74, 6) is 0.913. The van der Waals surface area contributed by atoms with Gasteiger partial charge in [-0.1, -0.05) is 68.4 Å². The summed E-state index contributed by atoms with van der Waals surface area (Å²) in [7, 11) is 0. The number of anilines is 2. The summed E-state index contributed by atoms with van der Waals surface area (Å²) in [5, 5.41) is 21.0. The molecule has 41 heavy (non-hydrogen) atoms. The number of nitrogen functional groups attached to an aromatic ring is 2. The molecule has 0 radical (unpaired) electrons. The van der Waals surface area contributed by atoms with Gasteiger partial charge in [0, 0.05) is 0 Å². The van der Waals surface area contributed by atoms with Crippen LogP contribution < -0.4 is 11.5 Å². The van der Waals surface area contributed by atoms with Gasteiger partial charge in [-0.15, -0.1) is 0 Å². The molecule has 4 aromatic rings. The molecule has 2 atom stereocenters. The molecule has 5 aliphatic carbocycles. The largest absolute Gasteiger partial charge is 0.506 e. The average molecular weight is 543 g/mol. The van der Waals surface area contributed by atoms with E-state index in [9.17, 15) is 10.2 Å². The number of aromatic hydroxyl groups is 2. The van der Waals surface area contributed by atoms with Gasteiger partial charge in [0.05, 0.1) is 16.8 Å². The molecule has 2 unspecified atom stereocenters. The van der Waals surface area contributed by atoms with Crippen molar-refractivity contribution >= 4 is 11.4 Å². The first-order valence-corrected chi connectivity index (χ1v) is 15.0. The Morgan fingerprint density at radius 3 is 1.78 bits per heavy atom. The zero-order valence-corrected chi connectivity index (χ0v) is 23.9. The van der Waals surface area contributed by atoms with Crippen molar-refractivity contribution in [2.24, 2.45) is 16.7 Å². The Hall–Kier alpha value is -3.92. The fraction of sp³-hybridized carbons (Fsp3) is 0.351. The Morgan fingerprint density at radius 1 is 0.634 bits per heavy atom. The maximum Gasteiger partial charge on any atom is 0.138 e. The lowest BCUT2D eigenvalue weighted by atomic mass is 9.38. The Bertz CT molecular complexity index is 1690. The lowest BCUT2D eigenvalue weighted by molar-refractivity contribution is -0.110. The topological polar surface area (TPSA) is 92.5 Å². The monoisotopic (exact) mass is 542 g/mol. The van der Waals surface area contributed by atoms with Gasteiger partial charge in [-0.3, -0.25) is 0 Å². The van der Waals surface area contributed by atoms with Crippen molar-refractivity contribution in [3.63, 3.8) is 0 Å². The molecule has 4 heteroatoms. The Kier molecular flexibility index (Phi) is 4.77. The molecular weight excluding hydrogens is 504 g/mol. The molecular formula is C37H38N2O2. The summed E-state index contributed by atoms with van der Waals surface area (Å²) in [6.45, 7) is 5.08. The molecule has 0 aromatic heterocycles. The van der Waals surface area contributed by atoms with Crippen molar-refractivity contribution < 1.29 is 10.2 Å². The van der Waals surface area contributed by atoms with E-state index in [4.69, 9.17) is 11.5 Å². The highest BCUT2D eigenvalue weighted by Gasteiger charge is 2.62. The molecule has 4 bridgehead atoms. The molecule has 4 saturated carbocycles. The van der Waals surface area contributed by atoms with E-state index in [1.165, 1.54) is 66.3 Å². The van der Waals surface area contributed by atoms with Crippen LogP contribution in [0.1, 0.15) is 80.2 Å². The third kappa shape index (κ3) is 3.22. The first kappa shape index (κ1) is 24.8. The summed E-state index contributed by atoms with van der Waals surface area (Å²) < 4.78 is 0. The van der Waals surface area contributed by atoms with E-state index in [0.717, 1.165) is 17.0 Å². The van der Waals surface area contributed by atoms with E-state index in [1.807, 2.05) is 24.3 Å². The number of hydrogen-bond donors (Lipinski definition) is 4. The van der Waals surface area contributed by atoms with Crippen LogP contribution in [0.4, 0.5) is 11.4 Å². The van der Waals surface area contributed by atoms with Gasteiger partial charge in [-0.25, -0.2) is 0 Å². The molecule has 0 heterocycles. The molecule has 9 rings (SSSR count). The van der Waals surface area contributed by atoms with Crippen LogP contribution in [0.2, 0.25) is 0 Å². The van der Waals surface area contributed by atoms with E-state index >= 15 is 0 Å². The quantitative estimate of drug-likeness (QED) is 0.138. The minimum absolute atomic E-state index is 0.0795. The molecule has 4 aromatic carbocycles. The van der Waals surface area contributed by atoms with Crippen molar-refractivity contribution in [1.82, 2.24) is 0 Å². The van der Waals surface area contributed by atoms with Crippen molar-refractivity contribution in [3.8, 4) is 22.6 Å². The molecule has 4 nitrogen and oxygen atoms in total. The summed E-state index contributed by atoms with van der Waals surface area (Å²) in [4.78, 5) is 0. The number of hydrogen-bond acceptors (Lipinski definition) is 4. The smallest absolute Gasteiger partial charge is 0.138 e. The van der Waals surface area contributed by atoms with E-state index in [-0.39, 0.29) is 16.9 Å². The Morgan fingerprint density at radius 2 is 1.20 bits per heavy atom. The van der Waals surface area contributed by atoms with Gasteiger partial charge in [0.25, 0.3) is 0 Å². The average Bonchev–Trinajstić information content (AvgIpc) is 3.21. The van der Waals surface area contributed by atoms with Gasteiger partial charge in [0.2, 0.25) is 0 Å². The highest BCUT2D eigenvalue weighted by Crippen LogP contribution is 2.71. The number of benzene rings is 4. The van der Waals surface area contributed by atoms with Gasteiger partial charge in [-0.2, -0.15) is 0 Å². The first-order chi connectivity index (χ1) is 19.6. The zero-order chi connectivity index (χ0) is 28.4. The first-order valence-electron chi connectivity index (χ1n) is 15.0. The number of phenolic OH excluding ortho intramolecular Hbond substituents is 2. The molecule has 0 saturated heterocycles. The normalized spacial score (nSPS) is 30.2. The highest BCUT2D eigenvalue weighted by atomic mass is 16.3. The maximum absolute atomic E-state index is 10.5. The lowest BCUT2D eigenvalue weighted by Crippen LogP contribution is -2.57. The van der Waals surface area contributed by atoms with Crippen LogP contribution in [-0.4, -0.2) is 10.2 Å². The predicted molar refractivity (Wildman–Crippen MR) is 165 cm³/mol. The minimum Gasteiger partial charge on any atom is -0.506 e. The predicted octanol–water partition coefficient (Wildman–Crippen LogP) is 7.87. The van der Waals surface area contributed by atoms with Crippen molar-refractivity contribution in [1.29, 1.82) is 0 Å². The summed E-state index contributed by atoms with van der Waals surface area (Å²) >= 11 is 0. The fourth-order valence-corrected chi connectivity index (χ4v) is 10.9. The van der Waals surface area contributed by atoms with E-state index < -0.39 is 5.41 Å². The van der Waals surface area contributed by atoms with Crippen LogP contribution in [0.5, 0.6) is 11.5 Å². The van der Waals surface area contributed by atoms with E-state index in [0.29, 0.717) is 22.2 Å². The van der Waals surface area contributed by atoms with Crippen LogP contribution in [-0.2, 0) is 10.8 Å². The summed E-state index contributed by atoms with van der Waals surface area (Å²) in [5.41, 5.74) is 22.1. The van der Waals surface area contributed by atoms with Crippen LogP contribution in [0.3, 0.4) is 0 Å². The van der Waals surface area contributed by atoms with Crippen molar-refractivity contribution in [3.05, 3.63) is 107 Å². The highest BCUT2D eigenvalue weighted by molar-refractivity contribution is 5.88. The number of fused-ring (bicyclic) bond motifs is 3. The molecule has 0 spiro atoms. The van der Waals surface area contributed by atoms with Crippen LogP contribution >= 0.6 is 0 Å². The zero-order valence-electron chi connectivity index (χ0n) is 23.9. The van der Waals surface area contributed by atoms with Crippen LogP contribution in [0, 0.1) is 16.7 Å². The van der Waals surface area contributed by atoms with E-state index in [1.54, 1.807) is 12.1 Å². The second-order valence-electron chi connectivity index (χ2n) is 14.5. The fourth-order valence-electron chi connectivity index (χ4n) is 10.9. The van der Waals surface area contributed by atoms with Gasteiger partial charge >= 0.3 is 0 Å².